The monoisotopic (exact) mass is 410 g/mol. The molecular weight excluding hydrogens is 376 g/mol. The zero-order chi connectivity index (χ0) is 22.0. The van der Waals surface area contributed by atoms with E-state index in [9.17, 15) is 9.59 Å². The Morgan fingerprint density at radius 3 is 2.37 bits per heavy atom. The molecular formula is C25H34N2O3. The molecule has 0 N–H and O–H groups in total. The summed E-state index contributed by atoms with van der Waals surface area (Å²) in [5, 5.41) is 1.16. The number of ether oxygens (including phenoxy) is 1. The van der Waals surface area contributed by atoms with E-state index in [4.69, 9.17) is 4.74 Å². The third-order valence-corrected chi connectivity index (χ3v) is 8.04. The van der Waals surface area contributed by atoms with Crippen molar-refractivity contribution in [2.24, 2.45) is 12.5 Å². The van der Waals surface area contributed by atoms with Crippen molar-refractivity contribution >= 4 is 22.8 Å². The highest BCUT2D eigenvalue weighted by Gasteiger charge is 2.58. The second kappa shape index (κ2) is 6.86. The molecule has 1 fully saturated rings. The van der Waals surface area contributed by atoms with E-state index in [0.717, 1.165) is 47.8 Å². The van der Waals surface area contributed by atoms with Gasteiger partial charge in [-0.05, 0) is 50.8 Å². The molecule has 30 heavy (non-hydrogen) atoms. The first-order valence-electron chi connectivity index (χ1n) is 11.1. The van der Waals surface area contributed by atoms with E-state index in [-0.39, 0.29) is 23.8 Å². The van der Waals surface area contributed by atoms with Crippen molar-refractivity contribution in [3.05, 3.63) is 35.0 Å². The first kappa shape index (κ1) is 21.0. The molecule has 1 aromatic carbocycles. The lowest BCUT2D eigenvalue weighted by molar-refractivity contribution is -0.171. The van der Waals surface area contributed by atoms with Gasteiger partial charge in [0, 0.05) is 35.0 Å². The molecule has 2 aliphatic rings. The van der Waals surface area contributed by atoms with Crippen molar-refractivity contribution in [1.82, 2.24) is 9.47 Å². The number of aromatic nitrogens is 1. The molecule has 5 nitrogen and oxygen atoms in total. The van der Waals surface area contributed by atoms with Crippen LogP contribution in [0.4, 0.5) is 0 Å². The molecule has 0 spiro atoms. The summed E-state index contributed by atoms with van der Waals surface area (Å²) in [4.78, 5) is 29.1. The minimum atomic E-state index is -1.05. The van der Waals surface area contributed by atoms with Gasteiger partial charge >= 0.3 is 5.97 Å². The third-order valence-electron chi connectivity index (χ3n) is 8.04. The summed E-state index contributed by atoms with van der Waals surface area (Å²) in [5.74, 6) is -0.442. The number of esters is 1. The Labute approximate surface area is 179 Å². The molecule has 5 heteroatoms. The smallest absolute Gasteiger partial charge is 0.332 e. The van der Waals surface area contributed by atoms with E-state index in [0.29, 0.717) is 0 Å². The highest BCUT2D eigenvalue weighted by atomic mass is 16.5. The number of fused-ring (bicyclic) bond motifs is 3. The molecule has 1 amide bonds. The van der Waals surface area contributed by atoms with Gasteiger partial charge in [-0.2, -0.15) is 0 Å². The van der Waals surface area contributed by atoms with Gasteiger partial charge in [0.15, 0.2) is 0 Å². The molecule has 162 valence electrons. The first-order chi connectivity index (χ1) is 14.1. The van der Waals surface area contributed by atoms with E-state index >= 15 is 0 Å². The fraction of sp³-hybridized carbons (Fsp3) is 0.600. The lowest BCUT2D eigenvalue weighted by Gasteiger charge is -2.52. The quantitative estimate of drug-likeness (QED) is 0.654. The Bertz CT molecular complexity index is 1030. The van der Waals surface area contributed by atoms with Gasteiger partial charge in [-0.15, -0.1) is 0 Å². The van der Waals surface area contributed by atoms with E-state index in [2.05, 4.69) is 57.5 Å². The minimum absolute atomic E-state index is 0.0827. The molecule has 3 unspecified atom stereocenters. The number of hydrogen-bond donors (Lipinski definition) is 0. The van der Waals surface area contributed by atoms with Crippen molar-refractivity contribution in [2.45, 2.75) is 77.8 Å². The van der Waals surface area contributed by atoms with Crippen LogP contribution in [0.1, 0.15) is 82.2 Å². The zero-order valence-electron chi connectivity index (χ0n) is 19.3. The highest BCUT2D eigenvalue weighted by molar-refractivity contribution is 5.95. The van der Waals surface area contributed by atoms with Crippen LogP contribution in [0.3, 0.4) is 0 Å². The van der Waals surface area contributed by atoms with Gasteiger partial charge in [-0.25, -0.2) is 4.79 Å². The fourth-order valence-corrected chi connectivity index (χ4v) is 6.10. The lowest BCUT2D eigenvalue weighted by atomic mass is 9.72. The predicted octanol–water partition coefficient (Wildman–Crippen LogP) is 5.01. The molecule has 0 radical (unpaired) electrons. The van der Waals surface area contributed by atoms with Crippen LogP contribution in [0.2, 0.25) is 0 Å². The summed E-state index contributed by atoms with van der Waals surface area (Å²) in [5.41, 5.74) is 3.16. The van der Waals surface area contributed by atoms with Gasteiger partial charge in [-0.1, -0.05) is 38.8 Å². The fourth-order valence-electron chi connectivity index (χ4n) is 6.10. The van der Waals surface area contributed by atoms with Gasteiger partial charge < -0.3 is 14.2 Å². The summed E-state index contributed by atoms with van der Waals surface area (Å²) in [6, 6.07) is 6.24. The molecule has 0 bridgehead atoms. The van der Waals surface area contributed by atoms with Crippen LogP contribution >= 0.6 is 0 Å². The van der Waals surface area contributed by atoms with Crippen molar-refractivity contribution in [3.63, 3.8) is 0 Å². The number of nitrogens with zero attached hydrogens (tertiary/aromatic N) is 2. The number of benzene rings is 1. The highest BCUT2D eigenvalue weighted by Crippen LogP contribution is 2.53. The van der Waals surface area contributed by atoms with Crippen LogP contribution in [0.5, 0.6) is 0 Å². The number of hydrogen-bond acceptors (Lipinski definition) is 3. The Hall–Kier alpha value is -2.30. The molecule has 1 aromatic heterocycles. The number of methoxy groups -OCH3 is 1. The van der Waals surface area contributed by atoms with E-state index in [1.54, 1.807) is 0 Å². The maximum absolute atomic E-state index is 14.0. The average Bonchev–Trinajstić information content (AvgIpc) is 3.28. The van der Waals surface area contributed by atoms with Crippen molar-refractivity contribution in [3.8, 4) is 0 Å². The maximum atomic E-state index is 14.0. The van der Waals surface area contributed by atoms with Crippen molar-refractivity contribution in [1.29, 1.82) is 0 Å². The van der Waals surface area contributed by atoms with Crippen LogP contribution in [-0.4, -0.2) is 34.0 Å². The largest absolute Gasteiger partial charge is 0.467 e. The predicted molar refractivity (Wildman–Crippen MR) is 118 cm³/mol. The topological polar surface area (TPSA) is 51.5 Å². The maximum Gasteiger partial charge on any atom is 0.332 e. The lowest BCUT2D eigenvalue weighted by Crippen LogP contribution is -2.63. The normalized spacial score (nSPS) is 27.9. The third kappa shape index (κ3) is 2.60. The molecule has 2 aromatic rings. The van der Waals surface area contributed by atoms with E-state index in [1.165, 1.54) is 12.7 Å². The van der Waals surface area contributed by atoms with Crippen LogP contribution < -0.4 is 0 Å². The van der Waals surface area contributed by atoms with Gasteiger partial charge in [0.2, 0.25) is 5.91 Å². The van der Waals surface area contributed by atoms with Crippen LogP contribution in [0, 0.1) is 12.3 Å². The summed E-state index contributed by atoms with van der Waals surface area (Å²) in [6.07, 6.45) is 3.88. The molecule has 1 aliphatic heterocycles. The van der Waals surface area contributed by atoms with E-state index < -0.39 is 11.0 Å². The van der Waals surface area contributed by atoms with Crippen LogP contribution in [0.15, 0.2) is 18.2 Å². The molecule has 1 aliphatic carbocycles. The molecule has 2 heterocycles. The first-order valence-corrected chi connectivity index (χ1v) is 11.1. The summed E-state index contributed by atoms with van der Waals surface area (Å²) < 4.78 is 7.52. The number of carbonyl (C=O) groups excluding carboxylic acids is 2. The number of aryl methyl sites for hydroxylation is 2. The summed E-state index contributed by atoms with van der Waals surface area (Å²) in [7, 11) is 3.50. The van der Waals surface area contributed by atoms with Gasteiger partial charge in [0.05, 0.1) is 13.2 Å². The molecule has 1 saturated carbocycles. The van der Waals surface area contributed by atoms with Gasteiger partial charge in [0.1, 0.15) is 5.54 Å². The summed E-state index contributed by atoms with van der Waals surface area (Å²) >= 11 is 0. The second-order valence-corrected chi connectivity index (χ2v) is 9.86. The standard InChI is InChI=1S/C25H34N2O3/c1-15-10-11-18-19(14-15)26(6)21-17(3)27(22(28)24(4)12-8-9-13-24)25(5,23(29)30-7)16(2)20(18)21/h10-11,14,16-17H,8-9,12-13H2,1-7H3. The van der Waals surface area contributed by atoms with Gasteiger partial charge in [-0.3, -0.25) is 4.79 Å². The second-order valence-electron chi connectivity index (χ2n) is 9.86. The molecule has 4 rings (SSSR count). The average molecular weight is 411 g/mol. The number of rotatable bonds is 2. The molecule has 0 saturated heterocycles. The van der Waals surface area contributed by atoms with Gasteiger partial charge in [0.25, 0.3) is 0 Å². The van der Waals surface area contributed by atoms with Crippen molar-refractivity contribution in [2.75, 3.05) is 7.11 Å². The SMILES string of the molecule is COC(=O)C1(C)C(C)c2c(n(C)c3cc(C)ccc23)C(C)N1C(=O)C1(C)CCCC1. The van der Waals surface area contributed by atoms with E-state index in [1.807, 2.05) is 11.8 Å². The Balaban J connectivity index is 1.99. The van der Waals surface area contributed by atoms with Crippen LogP contribution in [-0.2, 0) is 21.4 Å². The zero-order valence-corrected chi connectivity index (χ0v) is 19.3. The Morgan fingerprint density at radius 1 is 1.13 bits per heavy atom. The van der Waals surface area contributed by atoms with Crippen molar-refractivity contribution < 1.29 is 14.3 Å². The summed E-state index contributed by atoms with van der Waals surface area (Å²) in [6.45, 7) is 10.2. The molecule has 3 atom stereocenters. The minimum Gasteiger partial charge on any atom is -0.467 e. The Morgan fingerprint density at radius 2 is 1.77 bits per heavy atom. The Kier molecular flexibility index (Phi) is 4.79. The number of amides is 1. The number of carbonyl (C=O) groups is 2. The van der Waals surface area contributed by atoms with Crippen LogP contribution in [0.25, 0.3) is 10.9 Å².